The number of rotatable bonds is 5. The summed E-state index contributed by atoms with van der Waals surface area (Å²) < 4.78 is 5.22. The molecule has 3 aromatic rings. The third-order valence-electron chi connectivity index (χ3n) is 5.02. The Kier molecular flexibility index (Phi) is 5.63. The third-order valence-corrected chi connectivity index (χ3v) is 5.02. The van der Waals surface area contributed by atoms with Gasteiger partial charge in [-0.15, -0.1) is 0 Å². The number of methoxy groups -OCH3 is 1. The Bertz CT molecular complexity index is 1020. The molecule has 29 heavy (non-hydrogen) atoms. The normalized spacial score (nSPS) is 12.6. The van der Waals surface area contributed by atoms with Crippen molar-refractivity contribution in [3.05, 3.63) is 101 Å². The molecule has 3 nitrogen and oxygen atoms in total. The molecule has 1 aliphatic carbocycles. The van der Waals surface area contributed by atoms with Gasteiger partial charge >= 0.3 is 0 Å². The number of amides is 1. The van der Waals surface area contributed by atoms with E-state index < -0.39 is 0 Å². The van der Waals surface area contributed by atoms with Crippen LogP contribution in [0.2, 0.25) is 0 Å². The van der Waals surface area contributed by atoms with Gasteiger partial charge in [0, 0.05) is 29.3 Å². The zero-order chi connectivity index (χ0) is 20.1. The number of hydrogen-bond acceptors (Lipinski definition) is 2. The van der Waals surface area contributed by atoms with Crippen molar-refractivity contribution in [2.75, 3.05) is 7.11 Å². The van der Waals surface area contributed by atoms with Gasteiger partial charge in [0.1, 0.15) is 5.75 Å². The van der Waals surface area contributed by atoms with E-state index in [1.165, 1.54) is 0 Å². The lowest BCUT2D eigenvalue weighted by molar-refractivity contribution is 0.0730. The van der Waals surface area contributed by atoms with Gasteiger partial charge in [0.05, 0.1) is 7.11 Å². The van der Waals surface area contributed by atoms with Crippen molar-refractivity contribution in [3.8, 4) is 17.6 Å². The van der Waals surface area contributed by atoms with Crippen LogP contribution in [0.3, 0.4) is 0 Å². The Hall–Kier alpha value is -3.51. The fraction of sp³-hybridized carbons (Fsp3) is 0.192. The molecule has 3 aromatic carbocycles. The summed E-state index contributed by atoms with van der Waals surface area (Å²) in [6, 6.07) is 25.7. The number of ether oxygens (including phenoxy) is 1. The molecular formula is C26H23NO2. The van der Waals surface area contributed by atoms with Crippen molar-refractivity contribution in [2.24, 2.45) is 0 Å². The summed E-state index contributed by atoms with van der Waals surface area (Å²) in [4.78, 5) is 15.1. The molecule has 0 aromatic heterocycles. The molecule has 0 saturated heterocycles. The van der Waals surface area contributed by atoms with Gasteiger partial charge < -0.3 is 9.64 Å². The summed E-state index contributed by atoms with van der Waals surface area (Å²) >= 11 is 0. The molecule has 4 rings (SSSR count). The van der Waals surface area contributed by atoms with Crippen LogP contribution < -0.4 is 4.74 Å². The summed E-state index contributed by atoms with van der Waals surface area (Å²) in [6.45, 7) is 0.614. The van der Waals surface area contributed by atoms with Crippen LogP contribution in [0.15, 0.2) is 78.9 Å². The second kappa shape index (κ2) is 8.67. The van der Waals surface area contributed by atoms with Gasteiger partial charge in [-0.2, -0.15) is 0 Å². The second-order valence-corrected chi connectivity index (χ2v) is 7.21. The van der Waals surface area contributed by atoms with Crippen molar-refractivity contribution < 1.29 is 9.53 Å². The van der Waals surface area contributed by atoms with Gasteiger partial charge in [-0.25, -0.2) is 0 Å². The Morgan fingerprint density at radius 1 is 0.897 bits per heavy atom. The molecular weight excluding hydrogens is 358 g/mol. The zero-order valence-corrected chi connectivity index (χ0v) is 16.5. The highest BCUT2D eigenvalue weighted by atomic mass is 16.5. The largest absolute Gasteiger partial charge is 0.497 e. The van der Waals surface area contributed by atoms with E-state index in [9.17, 15) is 4.79 Å². The standard InChI is InChI=1S/C26H23NO2/c1-29-25-17-11-22(12-18-25)19-27(24-15-16-24)26(28)23-13-9-21(10-14-23)8-7-20-5-3-2-4-6-20/h2-6,9-14,17-18,24H,15-16,19H2,1H3. The predicted octanol–water partition coefficient (Wildman–Crippen LogP) is 4.90. The molecule has 0 N–H and O–H groups in total. The van der Waals surface area contributed by atoms with E-state index in [0.29, 0.717) is 18.2 Å². The molecule has 1 saturated carbocycles. The quantitative estimate of drug-likeness (QED) is 0.588. The molecule has 0 radical (unpaired) electrons. The van der Waals surface area contributed by atoms with Crippen LogP contribution >= 0.6 is 0 Å². The van der Waals surface area contributed by atoms with Crippen molar-refractivity contribution in [2.45, 2.75) is 25.4 Å². The minimum absolute atomic E-state index is 0.0749. The van der Waals surface area contributed by atoms with Gasteiger partial charge in [-0.1, -0.05) is 42.2 Å². The predicted molar refractivity (Wildman–Crippen MR) is 115 cm³/mol. The Labute approximate surface area is 171 Å². The molecule has 0 atom stereocenters. The van der Waals surface area contributed by atoms with Gasteiger partial charge in [0.25, 0.3) is 5.91 Å². The molecule has 0 unspecified atom stereocenters. The highest BCUT2D eigenvalue weighted by Gasteiger charge is 2.33. The smallest absolute Gasteiger partial charge is 0.254 e. The number of benzene rings is 3. The van der Waals surface area contributed by atoms with Crippen LogP contribution in [0.4, 0.5) is 0 Å². The topological polar surface area (TPSA) is 29.5 Å². The summed E-state index contributed by atoms with van der Waals surface area (Å²) in [5.41, 5.74) is 3.69. The third kappa shape index (κ3) is 4.86. The molecule has 3 heteroatoms. The number of nitrogens with zero attached hydrogens (tertiary/aromatic N) is 1. The first kappa shape index (κ1) is 18.8. The lowest BCUT2D eigenvalue weighted by Gasteiger charge is -2.23. The van der Waals surface area contributed by atoms with Crippen molar-refractivity contribution in [1.82, 2.24) is 4.90 Å². The van der Waals surface area contributed by atoms with E-state index in [-0.39, 0.29) is 5.91 Å². The maximum Gasteiger partial charge on any atom is 0.254 e. The highest BCUT2D eigenvalue weighted by molar-refractivity contribution is 5.94. The fourth-order valence-corrected chi connectivity index (χ4v) is 3.21. The monoisotopic (exact) mass is 381 g/mol. The number of hydrogen-bond donors (Lipinski definition) is 0. The summed E-state index contributed by atoms with van der Waals surface area (Å²) in [5, 5.41) is 0. The maximum absolute atomic E-state index is 13.1. The first-order chi connectivity index (χ1) is 14.2. The van der Waals surface area contributed by atoms with Crippen LogP contribution in [0.5, 0.6) is 5.75 Å². The lowest BCUT2D eigenvalue weighted by atomic mass is 10.1. The van der Waals surface area contributed by atoms with Gasteiger partial charge in [-0.05, 0) is 66.9 Å². The van der Waals surface area contributed by atoms with E-state index in [2.05, 4.69) is 11.8 Å². The van der Waals surface area contributed by atoms with E-state index in [4.69, 9.17) is 4.74 Å². The van der Waals surface area contributed by atoms with Crippen molar-refractivity contribution in [1.29, 1.82) is 0 Å². The van der Waals surface area contributed by atoms with E-state index in [0.717, 1.165) is 35.3 Å². The van der Waals surface area contributed by atoms with Gasteiger partial charge in [-0.3, -0.25) is 4.79 Å². The van der Waals surface area contributed by atoms with Crippen LogP contribution in [0.1, 0.15) is 39.9 Å². The molecule has 0 spiro atoms. The van der Waals surface area contributed by atoms with E-state index in [1.54, 1.807) is 7.11 Å². The minimum atomic E-state index is 0.0749. The number of carbonyl (C=O) groups excluding carboxylic acids is 1. The molecule has 0 aliphatic heterocycles. The van der Waals surface area contributed by atoms with Crippen LogP contribution in [0.25, 0.3) is 0 Å². The first-order valence-electron chi connectivity index (χ1n) is 9.84. The fourth-order valence-electron chi connectivity index (χ4n) is 3.21. The molecule has 144 valence electrons. The van der Waals surface area contributed by atoms with Gasteiger partial charge in [0.2, 0.25) is 0 Å². The van der Waals surface area contributed by atoms with Crippen LogP contribution in [0, 0.1) is 11.8 Å². The Morgan fingerprint density at radius 2 is 1.52 bits per heavy atom. The Balaban J connectivity index is 1.47. The van der Waals surface area contributed by atoms with E-state index >= 15 is 0 Å². The van der Waals surface area contributed by atoms with Gasteiger partial charge in [0.15, 0.2) is 0 Å². The van der Waals surface area contributed by atoms with Crippen molar-refractivity contribution in [3.63, 3.8) is 0 Å². The minimum Gasteiger partial charge on any atom is -0.497 e. The number of carbonyl (C=O) groups is 1. The molecule has 0 bridgehead atoms. The summed E-state index contributed by atoms with van der Waals surface area (Å²) in [7, 11) is 1.66. The zero-order valence-electron chi connectivity index (χ0n) is 16.5. The summed E-state index contributed by atoms with van der Waals surface area (Å²) in [6.07, 6.45) is 2.14. The highest BCUT2D eigenvalue weighted by Crippen LogP contribution is 2.30. The first-order valence-corrected chi connectivity index (χ1v) is 9.84. The summed E-state index contributed by atoms with van der Waals surface area (Å²) in [5.74, 6) is 7.20. The molecule has 1 fully saturated rings. The maximum atomic E-state index is 13.1. The van der Waals surface area contributed by atoms with Crippen LogP contribution in [-0.4, -0.2) is 24.0 Å². The molecule has 1 amide bonds. The van der Waals surface area contributed by atoms with Crippen molar-refractivity contribution >= 4 is 5.91 Å². The van der Waals surface area contributed by atoms with E-state index in [1.807, 2.05) is 83.8 Å². The SMILES string of the molecule is COc1ccc(CN(C(=O)c2ccc(C#Cc3ccccc3)cc2)C2CC2)cc1. The average Bonchev–Trinajstić information content (AvgIpc) is 3.62. The van der Waals surface area contributed by atoms with Crippen LogP contribution in [-0.2, 0) is 6.54 Å². The molecule has 1 aliphatic rings. The average molecular weight is 381 g/mol. The molecule has 0 heterocycles. The second-order valence-electron chi connectivity index (χ2n) is 7.21. The Morgan fingerprint density at radius 3 is 2.10 bits per heavy atom. The lowest BCUT2D eigenvalue weighted by Crippen LogP contribution is -2.32.